The van der Waals surface area contributed by atoms with Gasteiger partial charge in [-0.25, -0.2) is 20.7 Å². The molecule has 4 unspecified atom stereocenters. The SMILES string of the molecule is CO[C@H]1OC(C)[C@H](O)[C@H](O[C@@H]2OCC(C)[C@@H](C)[C@H](OOO)C2S(=O)(=O)OO)C1S(=O)(=O)OO. The highest BCUT2D eigenvalue weighted by Gasteiger charge is 2.57. The van der Waals surface area contributed by atoms with Crippen LogP contribution in [0.15, 0.2) is 0 Å². The smallest absolute Gasteiger partial charge is 0.304 e. The molecule has 2 aliphatic heterocycles. The highest BCUT2D eigenvalue weighted by atomic mass is 32.2. The maximum absolute atomic E-state index is 12.6. The fourth-order valence-electron chi connectivity index (χ4n) is 3.77. The average Bonchev–Trinajstić information content (AvgIpc) is 2.88. The largest absolute Gasteiger partial charge is 0.388 e. The van der Waals surface area contributed by atoms with E-state index < -0.39 is 79.6 Å². The van der Waals surface area contributed by atoms with E-state index in [2.05, 4.69) is 13.7 Å². The third-order valence-electron chi connectivity index (χ3n) is 5.84. The maximum atomic E-state index is 12.6. The number of aliphatic hydroxyl groups excluding tert-OH is 1. The van der Waals surface area contributed by atoms with Crippen molar-refractivity contribution in [3.63, 3.8) is 0 Å². The van der Waals surface area contributed by atoms with Gasteiger partial charge in [-0.3, -0.25) is 0 Å². The van der Waals surface area contributed by atoms with Crippen molar-refractivity contribution in [1.29, 1.82) is 0 Å². The van der Waals surface area contributed by atoms with Gasteiger partial charge < -0.3 is 24.1 Å². The van der Waals surface area contributed by atoms with E-state index in [1.54, 1.807) is 6.92 Å². The zero-order valence-electron chi connectivity index (χ0n) is 18.0. The molecule has 0 bridgehead atoms. The molecule has 16 nitrogen and oxygen atoms in total. The summed E-state index contributed by atoms with van der Waals surface area (Å²) < 4.78 is 78.4. The third-order valence-corrected chi connectivity index (χ3v) is 8.57. The summed E-state index contributed by atoms with van der Waals surface area (Å²) in [6, 6.07) is 0. The van der Waals surface area contributed by atoms with Crippen LogP contribution < -0.4 is 0 Å². The lowest BCUT2D eigenvalue weighted by molar-refractivity contribution is -0.511. The van der Waals surface area contributed by atoms with Crippen LogP contribution in [0.3, 0.4) is 0 Å². The topological polar surface area (TPSA) is 223 Å². The molecule has 10 atom stereocenters. The molecule has 2 rings (SSSR count). The van der Waals surface area contributed by atoms with Gasteiger partial charge in [-0.15, -0.1) is 8.67 Å². The van der Waals surface area contributed by atoms with Crippen molar-refractivity contribution in [2.24, 2.45) is 11.8 Å². The molecule has 4 N–H and O–H groups in total. The Balaban J connectivity index is 2.57. The van der Waals surface area contributed by atoms with Gasteiger partial charge >= 0.3 is 20.2 Å². The van der Waals surface area contributed by atoms with Crippen LogP contribution >= 0.6 is 0 Å². The molecule has 0 aliphatic carbocycles. The molecular weight excluding hydrogens is 500 g/mol. The summed E-state index contributed by atoms with van der Waals surface area (Å²) in [7, 11) is -8.80. The molecule has 0 saturated carbocycles. The van der Waals surface area contributed by atoms with Crippen LogP contribution in [0.5, 0.6) is 0 Å². The van der Waals surface area contributed by atoms with E-state index in [0.29, 0.717) is 0 Å². The highest BCUT2D eigenvalue weighted by Crippen LogP contribution is 2.36. The Hall–Kier alpha value is -0.580. The van der Waals surface area contributed by atoms with Crippen molar-refractivity contribution in [2.75, 3.05) is 13.7 Å². The lowest BCUT2D eigenvalue weighted by Gasteiger charge is -2.43. The van der Waals surface area contributed by atoms with Gasteiger partial charge in [-0.05, 0) is 18.8 Å². The molecule has 196 valence electrons. The molecule has 0 aromatic carbocycles. The standard InChI is InChI=1S/C15H28O16S2/c1-6-5-25-15(12(32(20,21)30-18)10(7(6)2)28-29-17)27-11-9(16)8(3)26-14(24-4)13(11)33(22,23)31-19/h6-19H,5H2,1-4H3/t6?,7-,8?,9+,10+,11+,12?,13?,14+,15+/m1/s1. The van der Waals surface area contributed by atoms with Crippen molar-refractivity contribution < 1.29 is 75.3 Å². The lowest BCUT2D eigenvalue weighted by atomic mass is 9.90. The normalized spacial score (nSPS) is 41.0. The second kappa shape index (κ2) is 11.4. The Labute approximate surface area is 189 Å². The van der Waals surface area contributed by atoms with Gasteiger partial charge in [0.05, 0.1) is 12.7 Å². The minimum absolute atomic E-state index is 0.162. The fourth-order valence-corrected chi connectivity index (χ4v) is 6.00. The fraction of sp³-hybridized carbons (Fsp3) is 1.00. The van der Waals surface area contributed by atoms with Gasteiger partial charge in [0.15, 0.2) is 23.1 Å². The van der Waals surface area contributed by atoms with Crippen LogP contribution in [-0.2, 0) is 57.8 Å². The zero-order chi connectivity index (χ0) is 25.1. The summed E-state index contributed by atoms with van der Waals surface area (Å²) in [5.74, 6) is -1.13. The van der Waals surface area contributed by atoms with Gasteiger partial charge in [0, 0.05) is 7.11 Å². The summed E-state index contributed by atoms with van der Waals surface area (Å²) in [5, 5.41) is 36.9. The lowest BCUT2D eigenvalue weighted by Crippen LogP contribution is -2.63. The number of ether oxygens (including phenoxy) is 4. The first kappa shape index (κ1) is 28.7. The monoisotopic (exact) mass is 528 g/mol. The second-order valence-corrected chi connectivity index (χ2v) is 11.1. The predicted molar refractivity (Wildman–Crippen MR) is 102 cm³/mol. The quantitative estimate of drug-likeness (QED) is 0.206. The number of rotatable bonds is 9. The van der Waals surface area contributed by atoms with Gasteiger partial charge in [-0.1, -0.05) is 18.9 Å². The Morgan fingerprint density at radius 3 is 1.91 bits per heavy atom. The zero-order valence-corrected chi connectivity index (χ0v) is 19.6. The molecule has 0 radical (unpaired) electrons. The molecule has 0 aromatic heterocycles. The van der Waals surface area contributed by atoms with E-state index in [4.69, 9.17) is 39.6 Å². The van der Waals surface area contributed by atoms with E-state index in [1.165, 1.54) is 13.8 Å². The Morgan fingerprint density at radius 2 is 1.42 bits per heavy atom. The van der Waals surface area contributed by atoms with Gasteiger partial charge in [0.1, 0.15) is 18.3 Å². The number of hydrogen-bond acceptors (Lipinski definition) is 16. The van der Waals surface area contributed by atoms with Gasteiger partial charge in [0.25, 0.3) is 0 Å². The third kappa shape index (κ3) is 5.98. The molecule has 0 aromatic rings. The van der Waals surface area contributed by atoms with Crippen molar-refractivity contribution in [1.82, 2.24) is 0 Å². The molecular formula is C15H28O16S2. The summed E-state index contributed by atoms with van der Waals surface area (Å²) in [4.78, 5) is 4.70. The van der Waals surface area contributed by atoms with Crippen LogP contribution in [0.4, 0.5) is 0 Å². The van der Waals surface area contributed by atoms with E-state index in [1.807, 2.05) is 0 Å². The van der Waals surface area contributed by atoms with Crippen LogP contribution in [0.25, 0.3) is 0 Å². The summed E-state index contributed by atoms with van der Waals surface area (Å²) in [5.41, 5.74) is 0. The number of aliphatic hydroxyl groups is 1. The molecule has 2 fully saturated rings. The minimum Gasteiger partial charge on any atom is -0.388 e. The Morgan fingerprint density at radius 1 is 0.879 bits per heavy atom. The Bertz CT molecular complexity index is 833. The van der Waals surface area contributed by atoms with E-state index in [0.717, 1.165) is 7.11 Å². The van der Waals surface area contributed by atoms with Crippen LogP contribution in [0.1, 0.15) is 20.8 Å². The van der Waals surface area contributed by atoms with Gasteiger partial charge in [0.2, 0.25) is 0 Å². The molecule has 2 aliphatic rings. The molecule has 2 saturated heterocycles. The van der Waals surface area contributed by atoms with Crippen molar-refractivity contribution in [3.05, 3.63) is 0 Å². The summed E-state index contributed by atoms with van der Waals surface area (Å²) >= 11 is 0. The van der Waals surface area contributed by atoms with E-state index in [-0.39, 0.29) is 6.61 Å². The van der Waals surface area contributed by atoms with Crippen molar-refractivity contribution in [2.45, 2.75) is 68.3 Å². The maximum Gasteiger partial charge on any atom is 0.304 e. The predicted octanol–water partition coefficient (Wildman–Crippen LogP) is -1.08. The minimum atomic E-state index is -4.97. The first-order valence-corrected chi connectivity index (χ1v) is 12.5. The van der Waals surface area contributed by atoms with Gasteiger partial charge in [-0.2, -0.15) is 16.8 Å². The highest BCUT2D eigenvalue weighted by molar-refractivity contribution is 7.87. The average molecular weight is 529 g/mol. The van der Waals surface area contributed by atoms with E-state index in [9.17, 15) is 21.9 Å². The van der Waals surface area contributed by atoms with Crippen LogP contribution in [-0.4, -0.2) is 98.9 Å². The first-order chi connectivity index (χ1) is 15.4. The summed E-state index contributed by atoms with van der Waals surface area (Å²) in [6.45, 7) is 4.36. The van der Waals surface area contributed by atoms with Crippen molar-refractivity contribution >= 4 is 20.2 Å². The molecule has 0 spiro atoms. The first-order valence-electron chi connectivity index (χ1n) is 9.60. The molecule has 33 heavy (non-hydrogen) atoms. The van der Waals surface area contributed by atoms with Crippen LogP contribution in [0.2, 0.25) is 0 Å². The summed E-state index contributed by atoms with van der Waals surface area (Å²) in [6.07, 6.45) is -9.80. The van der Waals surface area contributed by atoms with E-state index >= 15 is 0 Å². The Kier molecular flexibility index (Phi) is 9.93. The number of hydrogen-bond donors (Lipinski definition) is 4. The molecule has 2 heterocycles. The molecule has 18 heteroatoms. The molecule has 0 amide bonds. The second-order valence-electron chi connectivity index (χ2n) is 7.77. The number of methoxy groups -OCH3 is 1. The van der Waals surface area contributed by atoms with Crippen molar-refractivity contribution in [3.8, 4) is 0 Å². The van der Waals surface area contributed by atoms with Crippen LogP contribution in [0, 0.1) is 11.8 Å².